The summed E-state index contributed by atoms with van der Waals surface area (Å²) in [5.41, 5.74) is 3.91. The van der Waals surface area contributed by atoms with E-state index in [1.807, 2.05) is 10.9 Å². The van der Waals surface area contributed by atoms with Crippen molar-refractivity contribution in [2.45, 2.75) is 39.3 Å². The summed E-state index contributed by atoms with van der Waals surface area (Å²) in [5.74, 6) is 1.06. The van der Waals surface area contributed by atoms with Gasteiger partial charge in [0.05, 0.1) is 19.3 Å². The summed E-state index contributed by atoms with van der Waals surface area (Å²) in [6.45, 7) is 6.94. The SMILES string of the molecule is CCC(NCCn1cc(C)cn1)c1ccc2c(c1)CCO2. The van der Waals surface area contributed by atoms with Gasteiger partial charge in [0.2, 0.25) is 0 Å². The van der Waals surface area contributed by atoms with E-state index >= 15 is 0 Å². The van der Waals surface area contributed by atoms with Crippen LogP contribution in [0.5, 0.6) is 5.75 Å². The second-order valence-corrected chi connectivity index (χ2v) is 5.66. The van der Waals surface area contributed by atoms with Gasteiger partial charge in [0.25, 0.3) is 0 Å². The molecule has 0 aliphatic carbocycles. The number of fused-ring (bicyclic) bond motifs is 1. The monoisotopic (exact) mass is 285 g/mol. The molecule has 0 radical (unpaired) electrons. The van der Waals surface area contributed by atoms with Crippen LogP contribution >= 0.6 is 0 Å². The minimum absolute atomic E-state index is 0.396. The molecule has 0 amide bonds. The van der Waals surface area contributed by atoms with E-state index in [4.69, 9.17) is 4.74 Å². The number of aromatic nitrogens is 2. The molecular formula is C17H23N3O. The van der Waals surface area contributed by atoms with Crippen molar-refractivity contribution >= 4 is 0 Å². The fourth-order valence-electron chi connectivity index (χ4n) is 2.86. The molecule has 0 fully saturated rings. The Morgan fingerprint density at radius 1 is 1.43 bits per heavy atom. The Morgan fingerprint density at radius 2 is 2.33 bits per heavy atom. The number of rotatable bonds is 6. The first-order valence-corrected chi connectivity index (χ1v) is 7.74. The third-order valence-corrected chi connectivity index (χ3v) is 4.02. The minimum Gasteiger partial charge on any atom is -0.493 e. The zero-order chi connectivity index (χ0) is 14.7. The van der Waals surface area contributed by atoms with Gasteiger partial charge in [-0.05, 0) is 36.1 Å². The van der Waals surface area contributed by atoms with Crippen LogP contribution in [0.2, 0.25) is 0 Å². The van der Waals surface area contributed by atoms with Crippen molar-refractivity contribution in [2.75, 3.05) is 13.2 Å². The van der Waals surface area contributed by atoms with Crippen LogP contribution in [0.3, 0.4) is 0 Å². The molecule has 0 saturated heterocycles. The Morgan fingerprint density at radius 3 is 3.10 bits per heavy atom. The van der Waals surface area contributed by atoms with Gasteiger partial charge in [-0.25, -0.2) is 0 Å². The van der Waals surface area contributed by atoms with Crippen LogP contribution in [0.15, 0.2) is 30.6 Å². The fourth-order valence-corrected chi connectivity index (χ4v) is 2.86. The lowest BCUT2D eigenvalue weighted by Gasteiger charge is -2.18. The van der Waals surface area contributed by atoms with E-state index in [0.717, 1.165) is 38.3 Å². The number of ether oxygens (including phenoxy) is 1. The molecule has 0 bridgehead atoms. The van der Waals surface area contributed by atoms with Gasteiger partial charge in [0.15, 0.2) is 0 Å². The quantitative estimate of drug-likeness (QED) is 0.887. The number of aryl methyl sites for hydroxylation is 1. The maximum Gasteiger partial charge on any atom is 0.122 e. The van der Waals surface area contributed by atoms with Crippen LogP contribution < -0.4 is 10.1 Å². The summed E-state index contributed by atoms with van der Waals surface area (Å²) >= 11 is 0. The predicted molar refractivity (Wildman–Crippen MR) is 83.6 cm³/mol. The van der Waals surface area contributed by atoms with E-state index in [2.05, 4.69) is 48.7 Å². The molecule has 4 heteroatoms. The Balaban J connectivity index is 1.59. The fraction of sp³-hybridized carbons (Fsp3) is 0.471. The first-order chi connectivity index (χ1) is 10.3. The Kier molecular flexibility index (Phi) is 4.25. The molecule has 1 aromatic carbocycles. The molecule has 1 atom stereocenters. The van der Waals surface area contributed by atoms with E-state index in [-0.39, 0.29) is 0 Å². The molecule has 3 rings (SSSR count). The molecule has 1 unspecified atom stereocenters. The maximum absolute atomic E-state index is 5.58. The lowest BCUT2D eigenvalue weighted by Crippen LogP contribution is -2.25. The molecule has 21 heavy (non-hydrogen) atoms. The van der Waals surface area contributed by atoms with E-state index in [1.54, 1.807) is 0 Å². The predicted octanol–water partition coefficient (Wildman–Crippen LogP) is 2.87. The molecule has 1 aliphatic heterocycles. The minimum atomic E-state index is 0.396. The Hall–Kier alpha value is -1.81. The number of nitrogens with zero attached hydrogens (tertiary/aromatic N) is 2. The van der Waals surface area contributed by atoms with Crippen molar-refractivity contribution in [2.24, 2.45) is 0 Å². The van der Waals surface area contributed by atoms with Crippen molar-refractivity contribution in [3.63, 3.8) is 0 Å². The zero-order valence-corrected chi connectivity index (χ0v) is 12.8. The van der Waals surface area contributed by atoms with E-state index in [9.17, 15) is 0 Å². The molecule has 112 valence electrons. The summed E-state index contributed by atoms with van der Waals surface area (Å²) in [6.07, 6.45) is 6.09. The summed E-state index contributed by atoms with van der Waals surface area (Å²) in [7, 11) is 0. The average molecular weight is 285 g/mol. The molecule has 4 nitrogen and oxygen atoms in total. The largest absolute Gasteiger partial charge is 0.493 e. The van der Waals surface area contributed by atoms with Crippen molar-refractivity contribution in [1.82, 2.24) is 15.1 Å². The lowest BCUT2D eigenvalue weighted by molar-refractivity contribution is 0.356. The van der Waals surface area contributed by atoms with Gasteiger partial charge in [-0.1, -0.05) is 19.1 Å². The second kappa shape index (κ2) is 6.31. The van der Waals surface area contributed by atoms with Crippen molar-refractivity contribution in [1.29, 1.82) is 0 Å². The van der Waals surface area contributed by atoms with Crippen LogP contribution in [-0.2, 0) is 13.0 Å². The van der Waals surface area contributed by atoms with Gasteiger partial charge < -0.3 is 10.1 Å². The van der Waals surface area contributed by atoms with Crippen molar-refractivity contribution in [3.8, 4) is 5.75 Å². The van der Waals surface area contributed by atoms with Gasteiger partial charge in [-0.15, -0.1) is 0 Å². The van der Waals surface area contributed by atoms with E-state index < -0.39 is 0 Å². The highest BCUT2D eigenvalue weighted by Crippen LogP contribution is 2.29. The molecular weight excluding hydrogens is 262 g/mol. The number of hydrogen-bond acceptors (Lipinski definition) is 3. The van der Waals surface area contributed by atoms with Crippen LogP contribution in [0.4, 0.5) is 0 Å². The van der Waals surface area contributed by atoms with Crippen molar-refractivity contribution < 1.29 is 4.74 Å². The maximum atomic E-state index is 5.58. The van der Waals surface area contributed by atoms with Gasteiger partial charge >= 0.3 is 0 Å². The summed E-state index contributed by atoms with van der Waals surface area (Å²) in [5, 5.41) is 7.95. The first-order valence-electron chi connectivity index (χ1n) is 7.74. The molecule has 2 aromatic rings. The van der Waals surface area contributed by atoms with E-state index in [0.29, 0.717) is 6.04 Å². The second-order valence-electron chi connectivity index (χ2n) is 5.66. The van der Waals surface area contributed by atoms with Gasteiger partial charge in [0.1, 0.15) is 5.75 Å². The molecule has 0 spiro atoms. The van der Waals surface area contributed by atoms with Crippen LogP contribution in [-0.4, -0.2) is 22.9 Å². The molecule has 1 aliphatic rings. The highest BCUT2D eigenvalue weighted by Gasteiger charge is 2.15. The molecule has 2 heterocycles. The Bertz CT molecular complexity index is 606. The molecule has 0 saturated carbocycles. The molecule has 1 N–H and O–H groups in total. The third-order valence-electron chi connectivity index (χ3n) is 4.02. The van der Waals surface area contributed by atoms with Gasteiger partial charge in [-0.3, -0.25) is 4.68 Å². The standard InChI is InChI=1S/C17H23N3O/c1-3-16(18-7-8-20-12-13(2)11-19-20)14-4-5-17-15(10-14)6-9-21-17/h4-5,10-12,16,18H,3,6-9H2,1-2H3. The lowest BCUT2D eigenvalue weighted by atomic mass is 10.0. The Labute approximate surface area is 126 Å². The zero-order valence-electron chi connectivity index (χ0n) is 12.8. The normalized spacial score (nSPS) is 14.8. The molecule has 1 aromatic heterocycles. The van der Waals surface area contributed by atoms with Crippen LogP contribution in [0.1, 0.15) is 36.1 Å². The number of nitrogens with one attached hydrogen (secondary N) is 1. The average Bonchev–Trinajstić information content (AvgIpc) is 3.11. The highest BCUT2D eigenvalue weighted by molar-refractivity contribution is 5.40. The summed E-state index contributed by atoms with van der Waals surface area (Å²) < 4.78 is 7.57. The van der Waals surface area contributed by atoms with Gasteiger partial charge in [-0.2, -0.15) is 5.10 Å². The topological polar surface area (TPSA) is 39.1 Å². The van der Waals surface area contributed by atoms with Gasteiger partial charge in [0, 0.05) is 25.2 Å². The summed E-state index contributed by atoms with van der Waals surface area (Å²) in [6, 6.07) is 6.98. The van der Waals surface area contributed by atoms with Crippen molar-refractivity contribution in [3.05, 3.63) is 47.3 Å². The number of hydrogen-bond donors (Lipinski definition) is 1. The summed E-state index contributed by atoms with van der Waals surface area (Å²) in [4.78, 5) is 0. The third kappa shape index (κ3) is 3.27. The number of benzene rings is 1. The first kappa shape index (κ1) is 14.1. The highest BCUT2D eigenvalue weighted by atomic mass is 16.5. The van der Waals surface area contributed by atoms with Crippen LogP contribution in [0, 0.1) is 6.92 Å². The van der Waals surface area contributed by atoms with Crippen LogP contribution in [0.25, 0.3) is 0 Å². The smallest absolute Gasteiger partial charge is 0.122 e. The van der Waals surface area contributed by atoms with E-state index in [1.165, 1.54) is 16.7 Å².